The summed E-state index contributed by atoms with van der Waals surface area (Å²) >= 11 is 2.09. The first kappa shape index (κ1) is 12.3. The lowest BCUT2D eigenvalue weighted by Gasteiger charge is -2.20. The van der Waals surface area contributed by atoms with Gasteiger partial charge in [0, 0.05) is 0 Å². The molecule has 0 aromatic rings. The van der Waals surface area contributed by atoms with Gasteiger partial charge in [0.05, 0.1) is 0 Å². The second kappa shape index (κ2) is 4.55. The van der Waals surface area contributed by atoms with E-state index in [2.05, 4.69) is 53.3 Å². The number of rotatable bonds is 3. The molecule has 0 spiro atoms. The third-order valence-electron chi connectivity index (χ3n) is 1.53. The van der Waals surface area contributed by atoms with Crippen LogP contribution < -0.4 is 0 Å². The van der Waals surface area contributed by atoms with E-state index in [-0.39, 0.29) is 0 Å². The molecule has 1 heteroatoms. The van der Waals surface area contributed by atoms with Crippen molar-refractivity contribution in [3.63, 3.8) is 0 Å². The van der Waals surface area contributed by atoms with E-state index in [1.807, 2.05) is 0 Å². The summed E-state index contributed by atoms with van der Waals surface area (Å²) in [6, 6.07) is 0. The van der Waals surface area contributed by atoms with Crippen molar-refractivity contribution < 1.29 is 0 Å². The average Bonchev–Trinajstić information content (AvgIpc) is 1.76. The van der Waals surface area contributed by atoms with Crippen molar-refractivity contribution in [2.75, 3.05) is 11.5 Å². The Kier molecular flexibility index (Phi) is 4.68. The molecule has 12 heavy (non-hydrogen) atoms. The molecule has 74 valence electrons. The van der Waals surface area contributed by atoms with Gasteiger partial charge < -0.3 is 0 Å². The lowest BCUT2D eigenvalue weighted by molar-refractivity contribution is 0.401. The lowest BCUT2D eigenvalue weighted by Crippen LogP contribution is -2.11. The zero-order chi connectivity index (χ0) is 9.83. The van der Waals surface area contributed by atoms with Gasteiger partial charge in [-0.1, -0.05) is 41.5 Å². The summed E-state index contributed by atoms with van der Waals surface area (Å²) in [5.74, 6) is 2.59. The maximum absolute atomic E-state index is 2.31. The third kappa shape index (κ3) is 10.3. The van der Waals surface area contributed by atoms with E-state index < -0.39 is 0 Å². The highest BCUT2D eigenvalue weighted by Crippen LogP contribution is 2.25. The van der Waals surface area contributed by atoms with Crippen LogP contribution in [0.25, 0.3) is 0 Å². The molecule has 0 aromatic heterocycles. The van der Waals surface area contributed by atoms with E-state index >= 15 is 0 Å². The third-order valence-corrected chi connectivity index (χ3v) is 3.09. The number of hydrogen-bond donors (Lipinski definition) is 0. The van der Waals surface area contributed by atoms with Gasteiger partial charge in [-0.3, -0.25) is 0 Å². The van der Waals surface area contributed by atoms with Crippen LogP contribution >= 0.6 is 11.8 Å². The van der Waals surface area contributed by atoms with Crippen LogP contribution in [0.5, 0.6) is 0 Å². The Morgan fingerprint density at radius 2 is 1.33 bits per heavy atom. The van der Waals surface area contributed by atoms with Gasteiger partial charge in [0.1, 0.15) is 0 Å². The van der Waals surface area contributed by atoms with E-state index in [9.17, 15) is 0 Å². The first-order valence-corrected chi connectivity index (χ1v) is 5.94. The van der Waals surface area contributed by atoms with E-state index in [0.29, 0.717) is 10.8 Å². The fraction of sp³-hybridized carbons (Fsp3) is 1.00. The average molecular weight is 188 g/mol. The molecule has 0 amide bonds. The second-order valence-corrected chi connectivity index (χ2v) is 7.03. The molecule has 0 aromatic carbocycles. The highest BCUT2D eigenvalue weighted by molar-refractivity contribution is 7.99. The summed E-state index contributed by atoms with van der Waals surface area (Å²) in [5, 5.41) is 0. The first-order valence-electron chi connectivity index (χ1n) is 4.78. The fourth-order valence-corrected chi connectivity index (χ4v) is 2.27. The standard InChI is InChI=1S/C11H24S/c1-10(2,3)7-8-12-9-11(4,5)6/h7-9H2,1-6H3. The van der Waals surface area contributed by atoms with Crippen molar-refractivity contribution in [2.24, 2.45) is 10.8 Å². The molecule has 0 N–H and O–H groups in total. The molecule has 0 fully saturated rings. The molecule has 0 aliphatic heterocycles. The van der Waals surface area contributed by atoms with Crippen LogP contribution in [0.1, 0.15) is 48.0 Å². The molecule has 0 radical (unpaired) electrons. The molecule has 0 nitrogen and oxygen atoms in total. The van der Waals surface area contributed by atoms with Gasteiger partial charge in [-0.25, -0.2) is 0 Å². The van der Waals surface area contributed by atoms with Crippen molar-refractivity contribution in [3.05, 3.63) is 0 Å². The molecule has 0 aliphatic carbocycles. The SMILES string of the molecule is CC(C)(C)CCSCC(C)(C)C. The Morgan fingerprint density at radius 3 is 1.67 bits per heavy atom. The van der Waals surface area contributed by atoms with E-state index in [1.54, 1.807) is 0 Å². The van der Waals surface area contributed by atoms with Crippen molar-refractivity contribution in [2.45, 2.75) is 48.0 Å². The van der Waals surface area contributed by atoms with Gasteiger partial charge in [-0.2, -0.15) is 11.8 Å². The van der Waals surface area contributed by atoms with Crippen LogP contribution in [0.2, 0.25) is 0 Å². The predicted octanol–water partition coefficient (Wildman–Crippen LogP) is 4.20. The Bertz CT molecular complexity index is 97.9. The van der Waals surface area contributed by atoms with Gasteiger partial charge in [-0.05, 0) is 28.8 Å². The smallest absolute Gasteiger partial charge is 0.00187 e. The zero-order valence-electron chi connectivity index (χ0n) is 9.53. The molecule has 0 bridgehead atoms. The van der Waals surface area contributed by atoms with E-state index in [1.165, 1.54) is 17.9 Å². The van der Waals surface area contributed by atoms with Gasteiger partial charge in [0.25, 0.3) is 0 Å². The largest absolute Gasteiger partial charge is 0.161 e. The molecule has 0 saturated carbocycles. The Hall–Kier alpha value is 0.350. The summed E-state index contributed by atoms with van der Waals surface area (Å²) in [5.41, 5.74) is 0.993. The van der Waals surface area contributed by atoms with Crippen molar-refractivity contribution in [3.8, 4) is 0 Å². The zero-order valence-corrected chi connectivity index (χ0v) is 10.3. The van der Waals surface area contributed by atoms with E-state index in [0.717, 1.165) is 0 Å². The minimum atomic E-state index is 0.489. The quantitative estimate of drug-likeness (QED) is 0.598. The van der Waals surface area contributed by atoms with Gasteiger partial charge in [0.15, 0.2) is 0 Å². The predicted molar refractivity (Wildman–Crippen MR) is 60.9 cm³/mol. The first-order chi connectivity index (χ1) is 5.21. The topological polar surface area (TPSA) is 0 Å². The van der Waals surface area contributed by atoms with Gasteiger partial charge >= 0.3 is 0 Å². The monoisotopic (exact) mass is 188 g/mol. The van der Waals surface area contributed by atoms with Crippen LogP contribution in [0.3, 0.4) is 0 Å². The molecule has 0 rings (SSSR count). The minimum Gasteiger partial charge on any atom is -0.161 e. The summed E-state index contributed by atoms with van der Waals surface area (Å²) in [6.45, 7) is 13.8. The Labute approximate surface area is 82.5 Å². The maximum Gasteiger partial charge on any atom is -0.00187 e. The van der Waals surface area contributed by atoms with Crippen molar-refractivity contribution in [1.82, 2.24) is 0 Å². The Morgan fingerprint density at radius 1 is 0.833 bits per heavy atom. The molecular weight excluding hydrogens is 164 g/mol. The fourth-order valence-electron chi connectivity index (χ4n) is 0.757. The van der Waals surface area contributed by atoms with Crippen LogP contribution in [0, 0.1) is 10.8 Å². The van der Waals surface area contributed by atoms with Crippen molar-refractivity contribution in [1.29, 1.82) is 0 Å². The van der Waals surface area contributed by atoms with Crippen LogP contribution in [0.4, 0.5) is 0 Å². The van der Waals surface area contributed by atoms with Crippen LogP contribution in [0.15, 0.2) is 0 Å². The highest BCUT2D eigenvalue weighted by atomic mass is 32.2. The Balaban J connectivity index is 3.35. The highest BCUT2D eigenvalue weighted by Gasteiger charge is 2.12. The van der Waals surface area contributed by atoms with E-state index in [4.69, 9.17) is 0 Å². The van der Waals surface area contributed by atoms with Crippen molar-refractivity contribution >= 4 is 11.8 Å². The van der Waals surface area contributed by atoms with Gasteiger partial charge in [-0.15, -0.1) is 0 Å². The molecule has 0 atom stereocenters. The molecule has 0 saturated heterocycles. The number of hydrogen-bond acceptors (Lipinski definition) is 1. The summed E-state index contributed by atoms with van der Waals surface area (Å²) < 4.78 is 0. The number of thioether (sulfide) groups is 1. The molecule has 0 aliphatic rings. The minimum absolute atomic E-state index is 0.489. The maximum atomic E-state index is 2.31. The normalized spacial score (nSPS) is 13.5. The van der Waals surface area contributed by atoms with Gasteiger partial charge in [0.2, 0.25) is 0 Å². The second-order valence-electron chi connectivity index (χ2n) is 5.92. The molecule has 0 unspecified atom stereocenters. The molecule has 0 heterocycles. The van der Waals surface area contributed by atoms with Crippen LogP contribution in [-0.4, -0.2) is 11.5 Å². The summed E-state index contributed by atoms with van der Waals surface area (Å²) in [7, 11) is 0. The van der Waals surface area contributed by atoms with Crippen LogP contribution in [-0.2, 0) is 0 Å². The summed E-state index contributed by atoms with van der Waals surface area (Å²) in [6.07, 6.45) is 1.33. The molecular formula is C11H24S. The summed E-state index contributed by atoms with van der Waals surface area (Å²) in [4.78, 5) is 0. The lowest BCUT2D eigenvalue weighted by atomic mass is 9.94.